The average molecular weight is 446 g/mol. The van der Waals surface area contributed by atoms with Gasteiger partial charge in [-0.25, -0.2) is 0 Å². The molecule has 3 unspecified atom stereocenters. The van der Waals surface area contributed by atoms with Crippen LogP contribution in [-0.2, 0) is 33.6 Å². The summed E-state index contributed by atoms with van der Waals surface area (Å²) in [4.78, 5) is 80.1. The molecule has 0 spiro atoms. The zero-order chi connectivity index (χ0) is 24.1. The number of nitrogens with one attached hydrogen (secondary N) is 3. The van der Waals surface area contributed by atoms with E-state index < -0.39 is 72.6 Å². The molecule has 5 amide bonds. The molecule has 15 heteroatoms. The molecule has 0 aromatic heterocycles. The molecule has 0 aromatic carbocycles. The molecule has 11 N–H and O–H groups in total. The van der Waals surface area contributed by atoms with Crippen molar-refractivity contribution in [1.29, 1.82) is 0 Å². The van der Waals surface area contributed by atoms with Gasteiger partial charge < -0.3 is 43.4 Å². The minimum atomic E-state index is -1.49. The summed E-state index contributed by atoms with van der Waals surface area (Å²) in [6, 6.07) is -4.31. The third-order valence-corrected chi connectivity index (χ3v) is 3.77. The highest BCUT2D eigenvalue weighted by molar-refractivity contribution is 5.94. The van der Waals surface area contributed by atoms with E-state index in [2.05, 4.69) is 10.6 Å². The van der Waals surface area contributed by atoms with Gasteiger partial charge in [0.2, 0.25) is 29.5 Å². The van der Waals surface area contributed by atoms with E-state index in [0.29, 0.717) is 0 Å². The minimum Gasteiger partial charge on any atom is -0.481 e. The summed E-state index contributed by atoms with van der Waals surface area (Å²) >= 11 is 0. The van der Waals surface area contributed by atoms with E-state index in [1.165, 1.54) is 0 Å². The Labute approximate surface area is 176 Å². The van der Waals surface area contributed by atoms with Crippen LogP contribution < -0.4 is 33.2 Å². The first-order chi connectivity index (χ1) is 14.3. The predicted octanol–water partition coefficient (Wildman–Crippen LogP) is -4.51. The maximum absolute atomic E-state index is 12.6. The molecule has 0 aliphatic heterocycles. The van der Waals surface area contributed by atoms with Crippen LogP contribution in [0.2, 0.25) is 0 Å². The van der Waals surface area contributed by atoms with Crippen LogP contribution in [0.3, 0.4) is 0 Å². The van der Waals surface area contributed by atoms with Gasteiger partial charge in [0.15, 0.2) is 0 Å². The second-order valence-electron chi connectivity index (χ2n) is 6.45. The lowest BCUT2D eigenvalue weighted by molar-refractivity contribution is -0.140. The van der Waals surface area contributed by atoms with Gasteiger partial charge >= 0.3 is 11.9 Å². The van der Waals surface area contributed by atoms with Crippen molar-refractivity contribution in [3.05, 3.63) is 0 Å². The van der Waals surface area contributed by atoms with Crippen molar-refractivity contribution in [2.75, 3.05) is 6.54 Å². The molecule has 15 nitrogen and oxygen atoms in total. The highest BCUT2D eigenvalue weighted by Gasteiger charge is 2.29. The summed E-state index contributed by atoms with van der Waals surface area (Å²) in [5.74, 6) is -7.21. The molecule has 0 saturated carbocycles. The number of amides is 5. The SMILES string of the molecule is NC(=O)CCC(NC(=O)C(N)CC(=O)O)C(=O)NC(CCC(N)=O)C(=O)NCC(=O)O. The van der Waals surface area contributed by atoms with Gasteiger partial charge in [-0.2, -0.15) is 0 Å². The van der Waals surface area contributed by atoms with Crippen molar-refractivity contribution in [3.8, 4) is 0 Å². The van der Waals surface area contributed by atoms with Crippen molar-refractivity contribution >= 4 is 41.5 Å². The Bertz CT molecular complexity index is 726. The van der Waals surface area contributed by atoms with Gasteiger partial charge in [-0.3, -0.25) is 33.6 Å². The molecule has 31 heavy (non-hydrogen) atoms. The zero-order valence-corrected chi connectivity index (χ0v) is 16.5. The zero-order valence-electron chi connectivity index (χ0n) is 16.5. The molecule has 0 heterocycles. The third kappa shape index (κ3) is 12.4. The van der Waals surface area contributed by atoms with Crippen LogP contribution in [0.5, 0.6) is 0 Å². The van der Waals surface area contributed by atoms with Crippen LogP contribution in [0, 0.1) is 0 Å². The van der Waals surface area contributed by atoms with Crippen molar-refractivity contribution in [2.45, 2.75) is 50.2 Å². The fraction of sp³-hybridized carbons (Fsp3) is 0.562. The van der Waals surface area contributed by atoms with Crippen molar-refractivity contribution < 1.29 is 43.8 Å². The van der Waals surface area contributed by atoms with Crippen molar-refractivity contribution in [3.63, 3.8) is 0 Å². The molecule has 3 atom stereocenters. The number of hydrogen-bond acceptors (Lipinski definition) is 8. The first-order valence-electron chi connectivity index (χ1n) is 8.97. The Morgan fingerprint density at radius 1 is 0.710 bits per heavy atom. The van der Waals surface area contributed by atoms with E-state index in [9.17, 15) is 33.6 Å². The second kappa shape index (κ2) is 13.5. The molecular weight excluding hydrogens is 420 g/mol. The van der Waals surface area contributed by atoms with E-state index in [-0.39, 0.29) is 25.7 Å². The summed E-state index contributed by atoms with van der Waals surface area (Å²) in [5, 5.41) is 23.8. The largest absolute Gasteiger partial charge is 0.481 e. The van der Waals surface area contributed by atoms with Crippen LogP contribution >= 0.6 is 0 Å². The number of carbonyl (C=O) groups excluding carboxylic acids is 5. The Balaban J connectivity index is 5.37. The molecule has 0 aliphatic carbocycles. The molecule has 0 rings (SSSR count). The lowest BCUT2D eigenvalue weighted by Gasteiger charge is -2.23. The van der Waals surface area contributed by atoms with Gasteiger partial charge in [-0.1, -0.05) is 0 Å². The van der Waals surface area contributed by atoms with Gasteiger partial charge in [-0.05, 0) is 12.8 Å². The number of carbonyl (C=O) groups is 7. The number of carboxylic acids is 2. The van der Waals surface area contributed by atoms with Crippen LogP contribution in [0.25, 0.3) is 0 Å². The lowest BCUT2D eigenvalue weighted by Crippen LogP contribution is -2.56. The highest BCUT2D eigenvalue weighted by Crippen LogP contribution is 2.03. The molecule has 0 radical (unpaired) electrons. The number of carboxylic acid groups (broad SMARTS) is 2. The predicted molar refractivity (Wildman–Crippen MR) is 102 cm³/mol. The molecular formula is C16H26N6O9. The molecule has 0 aliphatic rings. The molecule has 0 saturated heterocycles. The fourth-order valence-electron chi connectivity index (χ4n) is 2.23. The van der Waals surface area contributed by atoms with Crippen LogP contribution in [0.1, 0.15) is 32.1 Å². The molecule has 0 aromatic rings. The smallest absolute Gasteiger partial charge is 0.322 e. The van der Waals surface area contributed by atoms with Crippen molar-refractivity contribution in [2.24, 2.45) is 17.2 Å². The maximum atomic E-state index is 12.6. The Morgan fingerprint density at radius 2 is 1.16 bits per heavy atom. The van der Waals surface area contributed by atoms with Crippen LogP contribution in [0.4, 0.5) is 0 Å². The van der Waals surface area contributed by atoms with E-state index in [4.69, 9.17) is 27.4 Å². The monoisotopic (exact) mass is 446 g/mol. The average Bonchev–Trinajstić information content (AvgIpc) is 2.64. The van der Waals surface area contributed by atoms with Crippen LogP contribution in [0.15, 0.2) is 0 Å². The number of aliphatic carboxylic acids is 2. The normalized spacial score (nSPS) is 13.2. The van der Waals surface area contributed by atoms with Gasteiger partial charge in [0.25, 0.3) is 0 Å². The van der Waals surface area contributed by atoms with E-state index in [1.54, 1.807) is 0 Å². The fourth-order valence-corrected chi connectivity index (χ4v) is 2.23. The highest BCUT2D eigenvalue weighted by atomic mass is 16.4. The number of nitrogens with two attached hydrogens (primary N) is 3. The van der Waals surface area contributed by atoms with Gasteiger partial charge in [0.05, 0.1) is 12.5 Å². The van der Waals surface area contributed by atoms with Gasteiger partial charge in [0, 0.05) is 12.8 Å². The molecule has 0 bridgehead atoms. The summed E-state index contributed by atoms with van der Waals surface area (Å²) in [6.45, 7) is -0.756. The molecule has 0 fully saturated rings. The third-order valence-electron chi connectivity index (χ3n) is 3.77. The summed E-state index contributed by atoms with van der Waals surface area (Å²) in [6.07, 6.45) is -1.97. The summed E-state index contributed by atoms with van der Waals surface area (Å²) in [5.41, 5.74) is 15.5. The van der Waals surface area contributed by atoms with E-state index >= 15 is 0 Å². The first-order valence-corrected chi connectivity index (χ1v) is 8.97. The Hall–Kier alpha value is -3.75. The minimum absolute atomic E-state index is 0.276. The Kier molecular flexibility index (Phi) is 11.8. The van der Waals surface area contributed by atoms with E-state index in [1.807, 2.05) is 5.32 Å². The summed E-state index contributed by atoms with van der Waals surface area (Å²) in [7, 11) is 0. The van der Waals surface area contributed by atoms with Gasteiger partial charge in [0.1, 0.15) is 18.6 Å². The maximum Gasteiger partial charge on any atom is 0.322 e. The topological polar surface area (TPSA) is 274 Å². The first kappa shape index (κ1) is 27.2. The van der Waals surface area contributed by atoms with Gasteiger partial charge in [-0.15, -0.1) is 0 Å². The lowest BCUT2D eigenvalue weighted by atomic mass is 10.1. The molecule has 174 valence electrons. The number of hydrogen-bond donors (Lipinski definition) is 8. The van der Waals surface area contributed by atoms with Crippen molar-refractivity contribution in [1.82, 2.24) is 16.0 Å². The summed E-state index contributed by atoms with van der Waals surface area (Å²) < 4.78 is 0. The quantitative estimate of drug-likeness (QED) is 0.119. The Morgan fingerprint density at radius 3 is 1.58 bits per heavy atom. The number of primary amides is 2. The second-order valence-corrected chi connectivity index (χ2v) is 6.45. The van der Waals surface area contributed by atoms with E-state index in [0.717, 1.165) is 0 Å². The number of rotatable bonds is 15. The van der Waals surface area contributed by atoms with Crippen LogP contribution in [-0.4, -0.2) is 76.4 Å². The standard InChI is InChI=1S/C16H26N6O9/c17-7(5-12(25)26)14(29)21-9(2-4-11(19)24)16(31)22-8(1-3-10(18)23)15(30)20-6-13(27)28/h7-9H,1-6,17H2,(H2,18,23)(H2,19,24)(H,20,30)(H,21,29)(H,22,31)(H,25,26)(H,27,28).